The standard InChI is InChI=1S/C26H35ClFNO/c1-18(2)24-15-26(16-25(30-24)19(3)4,21-7-11-23(28)12-8-21)13-14-29-17-20-5-9-22(27)10-6-20/h5-12,18-19,24-25,29H,13-17H2,1-4H3/t24-,25-/m0/s1. The molecule has 2 aromatic carbocycles. The van der Waals surface area contributed by atoms with E-state index in [9.17, 15) is 4.39 Å². The van der Waals surface area contributed by atoms with Crippen LogP contribution < -0.4 is 5.32 Å². The molecule has 0 bridgehead atoms. The van der Waals surface area contributed by atoms with Crippen LogP contribution in [0.3, 0.4) is 0 Å². The Morgan fingerprint density at radius 1 is 0.967 bits per heavy atom. The van der Waals surface area contributed by atoms with Gasteiger partial charge in [0.2, 0.25) is 0 Å². The largest absolute Gasteiger partial charge is 0.374 e. The highest BCUT2D eigenvalue weighted by Crippen LogP contribution is 2.45. The minimum atomic E-state index is -0.178. The maximum absolute atomic E-state index is 13.7. The zero-order valence-electron chi connectivity index (χ0n) is 18.6. The van der Waals surface area contributed by atoms with Gasteiger partial charge in [-0.15, -0.1) is 0 Å². The van der Waals surface area contributed by atoms with Crippen LogP contribution in [0.5, 0.6) is 0 Å². The first kappa shape index (κ1) is 23.2. The van der Waals surface area contributed by atoms with Gasteiger partial charge in [-0.3, -0.25) is 0 Å². The van der Waals surface area contributed by atoms with Gasteiger partial charge in [0.1, 0.15) is 5.82 Å². The number of hydrogen-bond donors (Lipinski definition) is 1. The van der Waals surface area contributed by atoms with E-state index in [4.69, 9.17) is 16.3 Å². The van der Waals surface area contributed by atoms with Crippen molar-refractivity contribution in [3.63, 3.8) is 0 Å². The molecule has 4 heteroatoms. The van der Waals surface area contributed by atoms with Crippen molar-refractivity contribution >= 4 is 11.6 Å². The monoisotopic (exact) mass is 431 g/mol. The summed E-state index contributed by atoms with van der Waals surface area (Å²) < 4.78 is 20.2. The van der Waals surface area contributed by atoms with E-state index in [1.165, 1.54) is 11.1 Å². The van der Waals surface area contributed by atoms with Crippen LogP contribution in [0, 0.1) is 17.7 Å². The molecule has 1 heterocycles. The molecule has 1 N–H and O–H groups in total. The SMILES string of the molecule is CC(C)[C@@H]1CC(CCNCc2ccc(Cl)cc2)(c2ccc(F)cc2)C[C@@H](C(C)C)O1. The van der Waals surface area contributed by atoms with Crippen molar-refractivity contribution < 1.29 is 9.13 Å². The van der Waals surface area contributed by atoms with E-state index >= 15 is 0 Å². The molecule has 1 aliphatic heterocycles. The summed E-state index contributed by atoms with van der Waals surface area (Å²) in [6, 6.07) is 15.1. The lowest BCUT2D eigenvalue weighted by atomic mass is 9.66. The topological polar surface area (TPSA) is 21.3 Å². The Morgan fingerprint density at radius 2 is 1.53 bits per heavy atom. The molecule has 0 radical (unpaired) electrons. The molecule has 1 saturated heterocycles. The number of benzene rings is 2. The van der Waals surface area contributed by atoms with Crippen LogP contribution >= 0.6 is 11.6 Å². The van der Waals surface area contributed by atoms with Crippen molar-refractivity contribution in [1.29, 1.82) is 0 Å². The molecule has 0 aromatic heterocycles. The van der Waals surface area contributed by atoms with E-state index in [0.29, 0.717) is 11.8 Å². The number of ether oxygens (including phenoxy) is 1. The van der Waals surface area contributed by atoms with Gasteiger partial charge in [0.05, 0.1) is 12.2 Å². The molecule has 0 spiro atoms. The lowest BCUT2D eigenvalue weighted by Crippen LogP contribution is -2.48. The fourth-order valence-corrected chi connectivity index (χ4v) is 4.64. The Morgan fingerprint density at radius 3 is 2.07 bits per heavy atom. The molecule has 0 unspecified atom stereocenters. The molecule has 2 atom stereocenters. The van der Waals surface area contributed by atoms with Crippen molar-refractivity contribution in [2.45, 2.75) is 71.1 Å². The average molecular weight is 432 g/mol. The third kappa shape index (κ3) is 5.84. The number of hydrogen-bond acceptors (Lipinski definition) is 2. The third-order valence-electron chi connectivity index (χ3n) is 6.50. The Kier molecular flexibility index (Phi) is 7.95. The minimum Gasteiger partial charge on any atom is -0.374 e. The number of rotatable bonds is 8. The normalized spacial score (nSPS) is 24.5. The van der Waals surface area contributed by atoms with Crippen molar-refractivity contribution in [2.24, 2.45) is 11.8 Å². The average Bonchev–Trinajstić information content (AvgIpc) is 2.72. The van der Waals surface area contributed by atoms with Crippen LogP contribution in [0.15, 0.2) is 48.5 Å². The summed E-state index contributed by atoms with van der Waals surface area (Å²) in [6.45, 7) is 10.7. The van der Waals surface area contributed by atoms with E-state index in [2.05, 4.69) is 45.1 Å². The number of halogens is 2. The van der Waals surface area contributed by atoms with Crippen LogP contribution in [0.2, 0.25) is 5.02 Å². The second-order valence-electron chi connectivity index (χ2n) is 9.45. The second kappa shape index (κ2) is 10.3. The fourth-order valence-electron chi connectivity index (χ4n) is 4.51. The van der Waals surface area contributed by atoms with Gasteiger partial charge in [-0.05, 0) is 73.0 Å². The molecule has 164 valence electrons. The van der Waals surface area contributed by atoms with Gasteiger partial charge in [-0.25, -0.2) is 4.39 Å². The molecule has 0 amide bonds. The molecular weight excluding hydrogens is 397 g/mol. The predicted molar refractivity (Wildman–Crippen MR) is 123 cm³/mol. The minimum absolute atomic E-state index is 0.0111. The molecule has 0 saturated carbocycles. The first-order valence-electron chi connectivity index (χ1n) is 11.2. The summed E-state index contributed by atoms with van der Waals surface area (Å²) in [5.74, 6) is 0.726. The summed E-state index contributed by atoms with van der Waals surface area (Å²) in [7, 11) is 0. The maximum atomic E-state index is 13.7. The van der Waals surface area contributed by atoms with Crippen LogP contribution in [-0.2, 0) is 16.7 Å². The fraction of sp³-hybridized carbons (Fsp3) is 0.538. The summed E-state index contributed by atoms with van der Waals surface area (Å²) in [5.41, 5.74) is 2.45. The molecule has 3 rings (SSSR count). The zero-order chi connectivity index (χ0) is 21.7. The highest BCUT2D eigenvalue weighted by Gasteiger charge is 2.43. The van der Waals surface area contributed by atoms with Gasteiger partial charge in [-0.2, -0.15) is 0 Å². The molecule has 2 aromatic rings. The molecule has 1 aliphatic rings. The lowest BCUT2D eigenvalue weighted by molar-refractivity contribution is -0.118. The second-order valence-corrected chi connectivity index (χ2v) is 9.89. The Bertz CT molecular complexity index is 772. The first-order valence-corrected chi connectivity index (χ1v) is 11.5. The van der Waals surface area contributed by atoms with Crippen molar-refractivity contribution in [3.05, 3.63) is 70.5 Å². The van der Waals surface area contributed by atoms with Crippen molar-refractivity contribution in [2.75, 3.05) is 6.54 Å². The third-order valence-corrected chi connectivity index (χ3v) is 6.75. The summed E-state index contributed by atoms with van der Waals surface area (Å²) in [6.07, 6.45) is 3.38. The Hall–Kier alpha value is -1.42. The van der Waals surface area contributed by atoms with E-state index in [1.807, 2.05) is 24.3 Å². The van der Waals surface area contributed by atoms with Crippen molar-refractivity contribution in [1.82, 2.24) is 5.32 Å². The van der Waals surface area contributed by atoms with Gasteiger partial charge in [0, 0.05) is 17.0 Å². The van der Waals surface area contributed by atoms with Gasteiger partial charge >= 0.3 is 0 Å². The number of nitrogens with one attached hydrogen (secondary N) is 1. The molecular formula is C26H35ClFNO. The van der Waals surface area contributed by atoms with Crippen LogP contribution in [-0.4, -0.2) is 18.8 Å². The predicted octanol–water partition coefficient (Wildman–Crippen LogP) is 6.76. The van der Waals surface area contributed by atoms with E-state index in [1.54, 1.807) is 12.1 Å². The maximum Gasteiger partial charge on any atom is 0.123 e. The van der Waals surface area contributed by atoms with Crippen molar-refractivity contribution in [3.8, 4) is 0 Å². The quantitative estimate of drug-likeness (QED) is 0.466. The molecule has 0 aliphatic carbocycles. The van der Waals surface area contributed by atoms with E-state index in [0.717, 1.165) is 37.4 Å². The first-order chi connectivity index (χ1) is 14.3. The summed E-state index contributed by atoms with van der Waals surface area (Å²) >= 11 is 5.99. The smallest absolute Gasteiger partial charge is 0.123 e. The molecule has 30 heavy (non-hydrogen) atoms. The zero-order valence-corrected chi connectivity index (χ0v) is 19.4. The summed E-state index contributed by atoms with van der Waals surface area (Å²) in [5, 5.41) is 4.36. The highest BCUT2D eigenvalue weighted by atomic mass is 35.5. The molecule has 2 nitrogen and oxygen atoms in total. The van der Waals surface area contributed by atoms with Gasteiger partial charge in [-0.1, -0.05) is 63.6 Å². The summed E-state index contributed by atoms with van der Waals surface area (Å²) in [4.78, 5) is 0. The van der Waals surface area contributed by atoms with E-state index < -0.39 is 0 Å². The van der Waals surface area contributed by atoms with Gasteiger partial charge in [0.15, 0.2) is 0 Å². The van der Waals surface area contributed by atoms with Crippen LogP contribution in [0.4, 0.5) is 4.39 Å². The van der Waals surface area contributed by atoms with Crippen LogP contribution in [0.25, 0.3) is 0 Å². The van der Waals surface area contributed by atoms with Gasteiger partial charge < -0.3 is 10.1 Å². The Balaban J connectivity index is 1.78. The highest BCUT2D eigenvalue weighted by molar-refractivity contribution is 6.30. The van der Waals surface area contributed by atoms with Crippen LogP contribution in [0.1, 0.15) is 58.1 Å². The Labute approximate surface area is 186 Å². The van der Waals surface area contributed by atoms with Gasteiger partial charge in [0.25, 0.3) is 0 Å². The van der Waals surface area contributed by atoms with E-state index in [-0.39, 0.29) is 23.4 Å². The lowest BCUT2D eigenvalue weighted by Gasteiger charge is -2.48. The molecule has 1 fully saturated rings.